The van der Waals surface area contributed by atoms with Gasteiger partial charge in [-0.25, -0.2) is 17.9 Å². The van der Waals surface area contributed by atoms with E-state index in [1.807, 2.05) is 60.7 Å². The SMILES string of the molecule is CCC(CNc1cc(Cl)c(S(=O)(=O)NCCCCc2ccccc2)cc1C(=O)O)c1ccccc1. The smallest absolute Gasteiger partial charge is 0.337 e. The summed E-state index contributed by atoms with van der Waals surface area (Å²) in [5.74, 6) is -1.06. The third-order valence-corrected chi connectivity index (χ3v) is 7.85. The summed E-state index contributed by atoms with van der Waals surface area (Å²) in [6.07, 6.45) is 3.18. The fraction of sp³-hybridized carbons (Fsp3) is 0.296. The molecule has 1 atom stereocenters. The van der Waals surface area contributed by atoms with Gasteiger partial charge < -0.3 is 10.4 Å². The first-order chi connectivity index (χ1) is 16.8. The van der Waals surface area contributed by atoms with Crippen molar-refractivity contribution in [3.8, 4) is 0 Å². The molecule has 0 saturated heterocycles. The van der Waals surface area contributed by atoms with E-state index in [4.69, 9.17) is 11.6 Å². The number of hydrogen-bond donors (Lipinski definition) is 3. The Morgan fingerprint density at radius 2 is 1.66 bits per heavy atom. The molecule has 6 nitrogen and oxygen atoms in total. The number of halogens is 1. The third-order valence-electron chi connectivity index (χ3n) is 5.92. The normalized spacial score (nSPS) is 12.3. The average Bonchev–Trinajstić information content (AvgIpc) is 2.85. The van der Waals surface area contributed by atoms with Crippen LogP contribution >= 0.6 is 11.6 Å². The number of hydrogen-bond acceptors (Lipinski definition) is 4. The Morgan fingerprint density at radius 1 is 1.00 bits per heavy atom. The van der Waals surface area contributed by atoms with Crippen molar-refractivity contribution in [2.75, 3.05) is 18.4 Å². The first-order valence-electron chi connectivity index (χ1n) is 11.7. The molecule has 0 aliphatic heterocycles. The second-order valence-corrected chi connectivity index (χ2v) is 10.5. The molecular formula is C27H31ClN2O4S. The van der Waals surface area contributed by atoms with Gasteiger partial charge in [0.05, 0.1) is 16.3 Å². The van der Waals surface area contributed by atoms with E-state index in [9.17, 15) is 18.3 Å². The molecule has 186 valence electrons. The molecule has 3 aromatic rings. The van der Waals surface area contributed by atoms with E-state index in [0.717, 1.165) is 30.9 Å². The molecule has 0 radical (unpaired) electrons. The van der Waals surface area contributed by atoms with Crippen LogP contribution in [-0.4, -0.2) is 32.6 Å². The van der Waals surface area contributed by atoms with Crippen molar-refractivity contribution < 1.29 is 18.3 Å². The maximum atomic E-state index is 12.9. The van der Waals surface area contributed by atoms with Crippen LogP contribution in [0.15, 0.2) is 77.7 Å². The molecule has 0 aliphatic carbocycles. The third kappa shape index (κ3) is 7.56. The first kappa shape index (κ1) is 26.7. The maximum Gasteiger partial charge on any atom is 0.337 e. The van der Waals surface area contributed by atoms with Crippen molar-refractivity contribution >= 4 is 33.3 Å². The molecule has 0 fully saturated rings. The molecule has 0 saturated carbocycles. The summed E-state index contributed by atoms with van der Waals surface area (Å²) in [5, 5.41) is 12.9. The summed E-state index contributed by atoms with van der Waals surface area (Å²) in [4.78, 5) is 11.7. The van der Waals surface area contributed by atoms with E-state index < -0.39 is 16.0 Å². The van der Waals surface area contributed by atoms with Gasteiger partial charge in [-0.2, -0.15) is 0 Å². The van der Waals surface area contributed by atoms with Crippen LogP contribution in [0.4, 0.5) is 5.69 Å². The standard InChI is InChI=1S/C27H31ClN2O4S/c1-2-21(22-14-7-4-8-15-22)19-29-25-18-24(28)26(17-23(25)27(31)32)35(33,34)30-16-10-9-13-20-11-5-3-6-12-20/h3-8,11-12,14-15,17-18,21,29-30H,2,9-10,13,16,19H2,1H3,(H,31,32). The van der Waals surface area contributed by atoms with Gasteiger partial charge in [0.1, 0.15) is 4.90 Å². The van der Waals surface area contributed by atoms with Crippen molar-refractivity contribution in [3.05, 3.63) is 94.5 Å². The number of sulfonamides is 1. The molecule has 0 amide bonds. The van der Waals surface area contributed by atoms with E-state index in [2.05, 4.69) is 17.0 Å². The Labute approximate surface area is 212 Å². The topological polar surface area (TPSA) is 95.5 Å². The predicted octanol–water partition coefficient (Wildman–Crippen LogP) is 5.95. The first-order valence-corrected chi connectivity index (χ1v) is 13.6. The summed E-state index contributed by atoms with van der Waals surface area (Å²) in [7, 11) is -3.96. The molecule has 8 heteroatoms. The lowest BCUT2D eigenvalue weighted by atomic mass is 9.96. The van der Waals surface area contributed by atoms with Crippen molar-refractivity contribution in [2.45, 2.75) is 43.4 Å². The monoisotopic (exact) mass is 514 g/mol. The quantitative estimate of drug-likeness (QED) is 0.245. The lowest BCUT2D eigenvalue weighted by Gasteiger charge is -2.19. The van der Waals surface area contributed by atoms with E-state index in [0.29, 0.717) is 18.7 Å². The molecular weight excluding hydrogens is 484 g/mol. The summed E-state index contributed by atoms with van der Waals surface area (Å²) in [6.45, 7) is 2.79. The van der Waals surface area contributed by atoms with Crippen LogP contribution in [0.2, 0.25) is 5.02 Å². The Bertz CT molecular complexity index is 1220. The van der Waals surface area contributed by atoms with Crippen LogP contribution in [0.25, 0.3) is 0 Å². The average molecular weight is 515 g/mol. The largest absolute Gasteiger partial charge is 0.478 e. The molecule has 3 N–H and O–H groups in total. The van der Waals surface area contributed by atoms with Crippen molar-refractivity contribution in [3.63, 3.8) is 0 Å². The van der Waals surface area contributed by atoms with Crippen LogP contribution in [0.3, 0.4) is 0 Å². The zero-order valence-electron chi connectivity index (χ0n) is 19.7. The highest BCUT2D eigenvalue weighted by Crippen LogP contribution is 2.30. The predicted molar refractivity (Wildman–Crippen MR) is 141 cm³/mol. The Balaban J connectivity index is 1.67. The molecule has 3 rings (SSSR count). The van der Waals surface area contributed by atoms with Gasteiger partial charge in [0.2, 0.25) is 10.0 Å². The van der Waals surface area contributed by atoms with Crippen LogP contribution in [0, 0.1) is 0 Å². The summed E-state index contributed by atoms with van der Waals surface area (Å²) < 4.78 is 28.3. The zero-order valence-corrected chi connectivity index (χ0v) is 21.3. The van der Waals surface area contributed by atoms with Gasteiger partial charge in [-0.3, -0.25) is 0 Å². The van der Waals surface area contributed by atoms with Gasteiger partial charge in [-0.05, 0) is 48.9 Å². The van der Waals surface area contributed by atoms with Crippen molar-refractivity contribution in [2.24, 2.45) is 0 Å². The molecule has 1 unspecified atom stereocenters. The van der Waals surface area contributed by atoms with E-state index in [1.165, 1.54) is 11.6 Å². The number of carbonyl (C=O) groups is 1. The van der Waals surface area contributed by atoms with Crippen LogP contribution in [0.1, 0.15) is 53.6 Å². The summed E-state index contributed by atoms with van der Waals surface area (Å²) >= 11 is 6.32. The van der Waals surface area contributed by atoms with Gasteiger partial charge in [0.15, 0.2) is 0 Å². The number of unbranched alkanes of at least 4 members (excludes halogenated alkanes) is 1. The molecule has 0 aromatic heterocycles. The van der Waals surface area contributed by atoms with Gasteiger partial charge in [0, 0.05) is 19.0 Å². The molecule has 0 heterocycles. The summed E-state index contributed by atoms with van der Waals surface area (Å²) in [6, 6.07) is 22.4. The fourth-order valence-electron chi connectivity index (χ4n) is 3.92. The number of benzene rings is 3. The van der Waals surface area contributed by atoms with Crippen LogP contribution < -0.4 is 10.0 Å². The zero-order chi connectivity index (χ0) is 25.3. The number of rotatable bonds is 13. The van der Waals surface area contributed by atoms with Gasteiger partial charge in [0.25, 0.3) is 0 Å². The van der Waals surface area contributed by atoms with Gasteiger partial charge in [-0.15, -0.1) is 0 Å². The number of nitrogens with one attached hydrogen (secondary N) is 2. The minimum Gasteiger partial charge on any atom is -0.478 e. The van der Waals surface area contributed by atoms with Crippen LogP contribution in [-0.2, 0) is 16.4 Å². The Morgan fingerprint density at radius 3 is 2.29 bits per heavy atom. The maximum absolute atomic E-state index is 12.9. The molecule has 0 spiro atoms. The van der Waals surface area contributed by atoms with E-state index >= 15 is 0 Å². The lowest BCUT2D eigenvalue weighted by molar-refractivity contribution is 0.0697. The number of aromatic carboxylic acids is 1. The number of aryl methyl sites for hydroxylation is 1. The molecule has 3 aromatic carbocycles. The van der Waals surface area contributed by atoms with Crippen LogP contribution in [0.5, 0.6) is 0 Å². The highest BCUT2D eigenvalue weighted by atomic mass is 35.5. The minimum atomic E-state index is -3.96. The molecule has 35 heavy (non-hydrogen) atoms. The Kier molecular flexibility index (Phi) is 9.72. The number of anilines is 1. The second-order valence-electron chi connectivity index (χ2n) is 8.37. The highest BCUT2D eigenvalue weighted by molar-refractivity contribution is 7.89. The molecule has 0 bridgehead atoms. The number of carboxylic acids is 1. The molecule has 0 aliphatic rings. The van der Waals surface area contributed by atoms with Crippen molar-refractivity contribution in [1.29, 1.82) is 0 Å². The second kappa shape index (κ2) is 12.7. The fourth-order valence-corrected chi connectivity index (χ4v) is 5.55. The Hall–Kier alpha value is -2.87. The van der Waals surface area contributed by atoms with E-state index in [1.54, 1.807) is 0 Å². The highest BCUT2D eigenvalue weighted by Gasteiger charge is 2.23. The summed E-state index contributed by atoms with van der Waals surface area (Å²) in [5.41, 5.74) is 2.49. The minimum absolute atomic E-state index is 0.0259. The van der Waals surface area contributed by atoms with Gasteiger partial charge >= 0.3 is 5.97 Å². The van der Waals surface area contributed by atoms with Gasteiger partial charge in [-0.1, -0.05) is 79.2 Å². The van der Waals surface area contributed by atoms with Crippen molar-refractivity contribution in [1.82, 2.24) is 4.72 Å². The number of carboxylic acid groups (broad SMARTS) is 1. The lowest BCUT2D eigenvalue weighted by Crippen LogP contribution is -2.25. The van der Waals surface area contributed by atoms with E-state index in [-0.39, 0.29) is 27.9 Å².